The lowest BCUT2D eigenvalue weighted by atomic mass is 9.95. The van der Waals surface area contributed by atoms with E-state index >= 15 is 0 Å². The number of hydrogen-bond acceptors (Lipinski definition) is 4. The molecule has 3 aromatic carbocycles. The van der Waals surface area contributed by atoms with Crippen molar-refractivity contribution < 1.29 is 13.2 Å². The summed E-state index contributed by atoms with van der Waals surface area (Å²) in [5, 5.41) is 2.86. The predicted octanol–water partition coefficient (Wildman–Crippen LogP) is 4.89. The van der Waals surface area contributed by atoms with Crippen LogP contribution in [0.25, 0.3) is 11.1 Å². The highest BCUT2D eigenvalue weighted by atomic mass is 32.2. The standard InChI is InChI=1S/C25H26N2O3S2/c1-18(2)19-12-13-23-22(16-19)21-10-6-7-11-24(21)32(29,30)27(23)17-25(28)26-14-15-31-20-8-4-3-5-9-20/h3-13,16,18H,14-15,17H2,1-2H3,(H,26,28). The SMILES string of the molecule is CC(C)c1ccc2c(c1)-c1ccccc1S(=O)(=O)N2CC(=O)NCCSc1ccccc1. The summed E-state index contributed by atoms with van der Waals surface area (Å²) in [7, 11) is -3.83. The fourth-order valence-electron chi connectivity index (χ4n) is 3.74. The van der Waals surface area contributed by atoms with Crippen LogP contribution in [0.15, 0.2) is 82.6 Å². The molecule has 0 bridgehead atoms. The molecular formula is C25H26N2O3S2. The first-order valence-corrected chi connectivity index (χ1v) is 13.0. The van der Waals surface area contributed by atoms with Gasteiger partial charge in [0.2, 0.25) is 5.91 Å². The molecule has 1 N–H and O–H groups in total. The largest absolute Gasteiger partial charge is 0.354 e. The van der Waals surface area contributed by atoms with Gasteiger partial charge in [0.25, 0.3) is 10.0 Å². The van der Waals surface area contributed by atoms with Crippen LogP contribution >= 0.6 is 11.8 Å². The zero-order chi connectivity index (χ0) is 22.7. The lowest BCUT2D eigenvalue weighted by molar-refractivity contribution is -0.119. The summed E-state index contributed by atoms with van der Waals surface area (Å²) in [6, 6.07) is 22.7. The molecule has 0 spiro atoms. The van der Waals surface area contributed by atoms with Gasteiger partial charge in [-0.1, -0.05) is 56.3 Å². The van der Waals surface area contributed by atoms with Crippen molar-refractivity contribution in [1.82, 2.24) is 5.32 Å². The number of rotatable bonds is 7. The number of nitrogens with zero attached hydrogens (tertiary/aromatic N) is 1. The van der Waals surface area contributed by atoms with E-state index in [0.717, 1.165) is 16.0 Å². The van der Waals surface area contributed by atoms with Crippen molar-refractivity contribution in [3.05, 3.63) is 78.4 Å². The molecule has 1 aliphatic heterocycles. The zero-order valence-electron chi connectivity index (χ0n) is 18.1. The second-order valence-corrected chi connectivity index (χ2v) is 10.9. The minimum atomic E-state index is -3.83. The molecule has 32 heavy (non-hydrogen) atoms. The number of thioether (sulfide) groups is 1. The number of carbonyl (C=O) groups excluding carboxylic acids is 1. The predicted molar refractivity (Wildman–Crippen MR) is 131 cm³/mol. The summed E-state index contributed by atoms with van der Waals surface area (Å²) in [6.45, 7) is 4.42. The number of anilines is 1. The third-order valence-corrected chi connectivity index (χ3v) is 8.26. The van der Waals surface area contributed by atoms with Crippen LogP contribution in [0, 0.1) is 0 Å². The molecule has 1 heterocycles. The van der Waals surface area contributed by atoms with Crippen LogP contribution in [0.5, 0.6) is 0 Å². The average Bonchev–Trinajstić information content (AvgIpc) is 2.80. The highest BCUT2D eigenvalue weighted by molar-refractivity contribution is 7.99. The molecule has 5 nitrogen and oxygen atoms in total. The number of fused-ring (bicyclic) bond motifs is 3. The first-order chi connectivity index (χ1) is 15.4. The Balaban J connectivity index is 1.54. The molecular weight excluding hydrogens is 440 g/mol. The highest BCUT2D eigenvalue weighted by Gasteiger charge is 2.36. The molecule has 0 saturated carbocycles. The van der Waals surface area contributed by atoms with Crippen molar-refractivity contribution >= 4 is 33.4 Å². The molecule has 3 aromatic rings. The van der Waals surface area contributed by atoms with E-state index in [0.29, 0.717) is 29.5 Å². The maximum Gasteiger partial charge on any atom is 0.265 e. The van der Waals surface area contributed by atoms with Crippen LogP contribution in [-0.4, -0.2) is 33.2 Å². The van der Waals surface area contributed by atoms with Crippen molar-refractivity contribution in [1.29, 1.82) is 0 Å². The van der Waals surface area contributed by atoms with Gasteiger partial charge in [-0.15, -0.1) is 11.8 Å². The molecule has 0 aliphatic carbocycles. The first kappa shape index (κ1) is 22.4. The smallest absolute Gasteiger partial charge is 0.265 e. The third-order valence-electron chi connectivity index (χ3n) is 5.42. The second-order valence-electron chi connectivity index (χ2n) is 7.95. The molecule has 0 radical (unpaired) electrons. The number of sulfonamides is 1. The molecule has 0 unspecified atom stereocenters. The Labute approximate surface area is 193 Å². The minimum absolute atomic E-state index is 0.237. The molecule has 7 heteroatoms. The van der Waals surface area contributed by atoms with Crippen LogP contribution < -0.4 is 9.62 Å². The van der Waals surface area contributed by atoms with Gasteiger partial charge in [0.1, 0.15) is 6.54 Å². The monoisotopic (exact) mass is 466 g/mol. The number of benzene rings is 3. The Morgan fingerprint density at radius 2 is 1.69 bits per heavy atom. The molecule has 1 aliphatic rings. The van der Waals surface area contributed by atoms with Gasteiger partial charge < -0.3 is 5.32 Å². The number of carbonyl (C=O) groups is 1. The maximum atomic E-state index is 13.4. The van der Waals surface area contributed by atoms with Gasteiger partial charge in [0, 0.05) is 28.3 Å². The van der Waals surface area contributed by atoms with E-state index in [1.165, 1.54) is 4.31 Å². The normalized spacial score (nSPS) is 14.0. The highest BCUT2D eigenvalue weighted by Crippen LogP contribution is 2.43. The summed E-state index contributed by atoms with van der Waals surface area (Å²) in [5.74, 6) is 0.699. The minimum Gasteiger partial charge on any atom is -0.354 e. The molecule has 0 saturated heterocycles. The molecule has 0 aromatic heterocycles. The molecule has 0 atom stereocenters. The summed E-state index contributed by atoms with van der Waals surface area (Å²) >= 11 is 1.65. The summed E-state index contributed by atoms with van der Waals surface area (Å²) in [6.07, 6.45) is 0. The summed E-state index contributed by atoms with van der Waals surface area (Å²) in [5.41, 5.74) is 3.19. The van der Waals surface area contributed by atoms with Crippen LogP contribution in [-0.2, 0) is 14.8 Å². The van der Waals surface area contributed by atoms with E-state index in [-0.39, 0.29) is 17.3 Å². The van der Waals surface area contributed by atoms with Gasteiger partial charge in [0.05, 0.1) is 10.6 Å². The first-order valence-electron chi connectivity index (χ1n) is 10.6. The molecule has 166 valence electrons. The average molecular weight is 467 g/mol. The van der Waals surface area contributed by atoms with E-state index in [9.17, 15) is 13.2 Å². The fraction of sp³-hybridized carbons (Fsp3) is 0.240. The van der Waals surface area contributed by atoms with E-state index in [2.05, 4.69) is 19.2 Å². The lowest BCUT2D eigenvalue weighted by Gasteiger charge is -2.32. The van der Waals surface area contributed by atoms with Gasteiger partial charge >= 0.3 is 0 Å². The second kappa shape index (κ2) is 9.38. The van der Waals surface area contributed by atoms with Crippen molar-refractivity contribution in [2.24, 2.45) is 0 Å². The van der Waals surface area contributed by atoms with Gasteiger partial charge in [-0.25, -0.2) is 8.42 Å². The van der Waals surface area contributed by atoms with Crippen molar-refractivity contribution in [2.75, 3.05) is 23.1 Å². The number of amides is 1. The van der Waals surface area contributed by atoms with Gasteiger partial charge in [-0.05, 0) is 41.8 Å². The van der Waals surface area contributed by atoms with Gasteiger partial charge in [-0.3, -0.25) is 9.10 Å². The molecule has 0 fully saturated rings. The molecule has 4 rings (SSSR count). The fourth-order valence-corrected chi connectivity index (χ4v) is 6.18. The van der Waals surface area contributed by atoms with Crippen LogP contribution in [0.1, 0.15) is 25.3 Å². The maximum absolute atomic E-state index is 13.4. The Hall–Kier alpha value is -2.77. The van der Waals surface area contributed by atoms with E-state index in [1.54, 1.807) is 23.9 Å². The Morgan fingerprint density at radius 3 is 2.44 bits per heavy atom. The van der Waals surface area contributed by atoms with Crippen LogP contribution in [0.2, 0.25) is 0 Å². The quantitative estimate of drug-likeness (QED) is 0.398. The van der Waals surface area contributed by atoms with Crippen molar-refractivity contribution in [3.63, 3.8) is 0 Å². The number of nitrogens with one attached hydrogen (secondary N) is 1. The third kappa shape index (κ3) is 4.54. The van der Waals surface area contributed by atoms with E-state index in [1.807, 2.05) is 60.7 Å². The van der Waals surface area contributed by atoms with E-state index in [4.69, 9.17) is 0 Å². The Bertz CT molecular complexity index is 1220. The van der Waals surface area contributed by atoms with Gasteiger partial charge in [0.15, 0.2) is 0 Å². The van der Waals surface area contributed by atoms with Crippen molar-refractivity contribution in [3.8, 4) is 11.1 Å². The van der Waals surface area contributed by atoms with Crippen molar-refractivity contribution in [2.45, 2.75) is 29.6 Å². The van der Waals surface area contributed by atoms with E-state index < -0.39 is 10.0 Å². The topological polar surface area (TPSA) is 66.5 Å². The Morgan fingerprint density at radius 1 is 0.969 bits per heavy atom. The molecule has 1 amide bonds. The summed E-state index contributed by atoms with van der Waals surface area (Å²) in [4.78, 5) is 14.0. The Kier molecular flexibility index (Phi) is 6.58. The summed E-state index contributed by atoms with van der Waals surface area (Å²) < 4.78 is 28.0. The van der Waals surface area contributed by atoms with Crippen LogP contribution in [0.4, 0.5) is 5.69 Å². The lowest BCUT2D eigenvalue weighted by Crippen LogP contribution is -2.43. The number of hydrogen-bond donors (Lipinski definition) is 1. The van der Waals surface area contributed by atoms with Gasteiger partial charge in [-0.2, -0.15) is 0 Å². The van der Waals surface area contributed by atoms with Crippen LogP contribution in [0.3, 0.4) is 0 Å². The zero-order valence-corrected chi connectivity index (χ0v) is 19.7.